The third-order valence-electron chi connectivity index (χ3n) is 2.59. The Labute approximate surface area is 128 Å². The molecule has 0 fully saturated rings. The van der Waals surface area contributed by atoms with Gasteiger partial charge in [0.05, 0.1) is 0 Å². The number of ether oxygens (including phenoxy) is 1. The van der Waals surface area contributed by atoms with E-state index in [2.05, 4.69) is 31.0 Å². The fourth-order valence-corrected chi connectivity index (χ4v) is 1.98. The van der Waals surface area contributed by atoms with E-state index in [1.54, 1.807) is 24.3 Å². The highest BCUT2D eigenvalue weighted by atomic mass is 79.9. The summed E-state index contributed by atoms with van der Waals surface area (Å²) >= 11 is 3.19. The molecule has 0 spiro atoms. The fraction of sp³-hybridized carbons (Fsp3) is 0.143. The normalized spacial score (nSPS) is 10.5. The Balaban J connectivity index is 1.92. The number of carbonyl (C=O) groups is 1. The molecule has 0 bridgehead atoms. The Morgan fingerprint density at radius 3 is 2.62 bits per heavy atom. The first-order chi connectivity index (χ1) is 10.0. The van der Waals surface area contributed by atoms with Gasteiger partial charge in [-0.3, -0.25) is 4.79 Å². The van der Waals surface area contributed by atoms with Crippen LogP contribution < -0.4 is 10.1 Å². The SMILES string of the molecule is O=C(NCc1ccc(OC(F)F)cc1)c1ccnc(Br)c1. The minimum absolute atomic E-state index is 0.0816. The molecule has 0 aliphatic carbocycles. The summed E-state index contributed by atoms with van der Waals surface area (Å²) in [5.74, 6) is -0.163. The summed E-state index contributed by atoms with van der Waals surface area (Å²) in [6.45, 7) is -2.56. The summed E-state index contributed by atoms with van der Waals surface area (Å²) in [5.41, 5.74) is 1.26. The molecule has 1 N–H and O–H groups in total. The number of amides is 1. The molecular weight excluding hydrogens is 346 g/mol. The van der Waals surface area contributed by atoms with Crippen LogP contribution in [0.4, 0.5) is 8.78 Å². The van der Waals surface area contributed by atoms with E-state index in [4.69, 9.17) is 0 Å². The zero-order valence-electron chi connectivity index (χ0n) is 10.7. The number of aromatic nitrogens is 1. The number of benzene rings is 1. The van der Waals surface area contributed by atoms with Crippen molar-refractivity contribution >= 4 is 21.8 Å². The first-order valence-electron chi connectivity index (χ1n) is 5.98. The number of carbonyl (C=O) groups excluding carboxylic acids is 1. The first kappa shape index (κ1) is 15.4. The van der Waals surface area contributed by atoms with Gasteiger partial charge in [-0.05, 0) is 45.8 Å². The summed E-state index contributed by atoms with van der Waals surface area (Å²) in [7, 11) is 0. The van der Waals surface area contributed by atoms with Crippen molar-refractivity contribution in [3.63, 3.8) is 0 Å². The van der Waals surface area contributed by atoms with Crippen molar-refractivity contribution in [2.45, 2.75) is 13.2 Å². The Hall–Kier alpha value is -2.02. The van der Waals surface area contributed by atoms with Gasteiger partial charge in [0.1, 0.15) is 10.4 Å². The number of alkyl halides is 2. The van der Waals surface area contributed by atoms with Gasteiger partial charge in [-0.25, -0.2) is 4.98 Å². The maximum Gasteiger partial charge on any atom is 0.387 e. The van der Waals surface area contributed by atoms with Gasteiger partial charge in [-0.2, -0.15) is 8.78 Å². The summed E-state index contributed by atoms with van der Waals surface area (Å²) in [5, 5.41) is 2.73. The zero-order valence-corrected chi connectivity index (χ0v) is 12.3. The molecule has 0 saturated carbocycles. The van der Waals surface area contributed by atoms with Gasteiger partial charge < -0.3 is 10.1 Å². The lowest BCUT2D eigenvalue weighted by atomic mass is 10.2. The Morgan fingerprint density at radius 2 is 2.00 bits per heavy atom. The predicted molar refractivity (Wildman–Crippen MR) is 76.2 cm³/mol. The van der Waals surface area contributed by atoms with Crippen LogP contribution in [0.5, 0.6) is 5.75 Å². The van der Waals surface area contributed by atoms with E-state index in [9.17, 15) is 13.6 Å². The molecular formula is C14H11BrF2N2O2. The average Bonchev–Trinajstić information content (AvgIpc) is 2.45. The monoisotopic (exact) mass is 356 g/mol. The lowest BCUT2D eigenvalue weighted by Crippen LogP contribution is -2.22. The minimum atomic E-state index is -2.85. The van der Waals surface area contributed by atoms with Gasteiger partial charge in [0, 0.05) is 18.3 Å². The van der Waals surface area contributed by atoms with Crippen LogP contribution in [0, 0.1) is 0 Å². The number of nitrogens with zero attached hydrogens (tertiary/aromatic N) is 1. The lowest BCUT2D eigenvalue weighted by Gasteiger charge is -2.07. The molecule has 0 radical (unpaired) electrons. The van der Waals surface area contributed by atoms with E-state index in [0.29, 0.717) is 10.2 Å². The van der Waals surface area contributed by atoms with Crippen molar-refractivity contribution < 1.29 is 18.3 Å². The second-order valence-electron chi connectivity index (χ2n) is 4.07. The summed E-state index contributed by atoms with van der Waals surface area (Å²) < 4.78 is 28.8. The van der Waals surface area contributed by atoms with Crippen LogP contribution >= 0.6 is 15.9 Å². The van der Waals surface area contributed by atoms with E-state index in [1.807, 2.05) is 0 Å². The van der Waals surface area contributed by atoms with Gasteiger partial charge in [0.15, 0.2) is 0 Å². The predicted octanol–water partition coefficient (Wildman–Crippen LogP) is 3.38. The van der Waals surface area contributed by atoms with Gasteiger partial charge in [-0.15, -0.1) is 0 Å². The van der Waals surface area contributed by atoms with Crippen molar-refractivity contribution in [1.29, 1.82) is 0 Å². The van der Waals surface area contributed by atoms with Crippen LogP contribution in [-0.2, 0) is 6.54 Å². The third-order valence-corrected chi connectivity index (χ3v) is 3.02. The highest BCUT2D eigenvalue weighted by Crippen LogP contribution is 2.15. The van der Waals surface area contributed by atoms with Gasteiger partial charge in [0.25, 0.3) is 5.91 Å². The molecule has 0 atom stereocenters. The molecule has 4 nitrogen and oxygen atoms in total. The number of hydrogen-bond acceptors (Lipinski definition) is 3. The van der Waals surface area contributed by atoms with Crippen LogP contribution in [0.25, 0.3) is 0 Å². The molecule has 7 heteroatoms. The van der Waals surface area contributed by atoms with E-state index in [1.165, 1.54) is 18.3 Å². The molecule has 1 aromatic carbocycles. The molecule has 0 aliphatic rings. The first-order valence-corrected chi connectivity index (χ1v) is 6.77. The van der Waals surface area contributed by atoms with Crippen LogP contribution in [-0.4, -0.2) is 17.5 Å². The van der Waals surface area contributed by atoms with Crippen molar-refractivity contribution in [2.24, 2.45) is 0 Å². The topological polar surface area (TPSA) is 51.2 Å². The van der Waals surface area contributed by atoms with E-state index >= 15 is 0 Å². The van der Waals surface area contributed by atoms with Crippen LogP contribution in [0.3, 0.4) is 0 Å². The minimum Gasteiger partial charge on any atom is -0.435 e. The third kappa shape index (κ3) is 4.78. The molecule has 21 heavy (non-hydrogen) atoms. The molecule has 0 saturated heterocycles. The van der Waals surface area contributed by atoms with E-state index in [-0.39, 0.29) is 18.2 Å². The second-order valence-corrected chi connectivity index (χ2v) is 4.88. The van der Waals surface area contributed by atoms with Crippen LogP contribution in [0.2, 0.25) is 0 Å². The molecule has 1 heterocycles. The van der Waals surface area contributed by atoms with Crippen molar-refractivity contribution in [3.8, 4) is 5.75 Å². The number of rotatable bonds is 5. The molecule has 0 unspecified atom stereocenters. The van der Waals surface area contributed by atoms with Crippen LogP contribution in [0.15, 0.2) is 47.2 Å². The molecule has 2 aromatic rings. The van der Waals surface area contributed by atoms with E-state index in [0.717, 1.165) is 5.56 Å². The molecule has 110 valence electrons. The number of nitrogens with one attached hydrogen (secondary N) is 1. The Kier molecular flexibility index (Phi) is 5.21. The van der Waals surface area contributed by atoms with Gasteiger partial charge in [0.2, 0.25) is 0 Å². The largest absolute Gasteiger partial charge is 0.435 e. The lowest BCUT2D eigenvalue weighted by molar-refractivity contribution is -0.0498. The highest BCUT2D eigenvalue weighted by molar-refractivity contribution is 9.10. The van der Waals surface area contributed by atoms with E-state index < -0.39 is 6.61 Å². The van der Waals surface area contributed by atoms with Crippen molar-refractivity contribution in [1.82, 2.24) is 10.3 Å². The van der Waals surface area contributed by atoms with Gasteiger partial charge in [-0.1, -0.05) is 12.1 Å². The molecule has 0 aliphatic heterocycles. The average molecular weight is 357 g/mol. The van der Waals surface area contributed by atoms with Crippen molar-refractivity contribution in [2.75, 3.05) is 0 Å². The van der Waals surface area contributed by atoms with Gasteiger partial charge >= 0.3 is 6.61 Å². The standard InChI is InChI=1S/C14H11BrF2N2O2/c15-12-7-10(5-6-18-12)13(20)19-8-9-1-3-11(4-2-9)21-14(16)17/h1-7,14H,8H2,(H,19,20). The number of pyridine rings is 1. The smallest absolute Gasteiger partial charge is 0.387 e. The maximum atomic E-state index is 12.0. The second kappa shape index (κ2) is 7.12. The summed E-state index contributed by atoms with van der Waals surface area (Å²) in [6.07, 6.45) is 1.52. The van der Waals surface area contributed by atoms with Crippen LogP contribution in [0.1, 0.15) is 15.9 Å². The highest BCUT2D eigenvalue weighted by Gasteiger charge is 2.07. The summed E-state index contributed by atoms with van der Waals surface area (Å²) in [4.78, 5) is 15.8. The van der Waals surface area contributed by atoms with Crippen molar-refractivity contribution in [3.05, 3.63) is 58.3 Å². The Morgan fingerprint density at radius 1 is 1.29 bits per heavy atom. The number of hydrogen-bond donors (Lipinski definition) is 1. The fourth-order valence-electron chi connectivity index (χ4n) is 1.62. The molecule has 1 aromatic heterocycles. The zero-order chi connectivity index (χ0) is 15.2. The summed E-state index contributed by atoms with van der Waals surface area (Å²) in [6, 6.07) is 9.28. The number of halogens is 3. The Bertz CT molecular complexity index is 621. The molecule has 2 rings (SSSR count). The quantitative estimate of drug-likeness (QED) is 0.835. The maximum absolute atomic E-state index is 12.0. The molecule has 1 amide bonds.